The Morgan fingerprint density at radius 3 is 2.42 bits per heavy atom. The maximum Gasteiger partial charge on any atom is 0.416 e. The first-order valence-corrected chi connectivity index (χ1v) is 7.42. The first kappa shape index (κ1) is 16.1. The van der Waals surface area contributed by atoms with E-state index in [0.717, 1.165) is 29.1 Å². The maximum atomic E-state index is 12.6. The fraction of sp³-hybridized carbons (Fsp3) is 0.167. The molecule has 0 fully saturated rings. The Morgan fingerprint density at radius 1 is 1.00 bits per heavy atom. The molecule has 2 N–H and O–H groups in total. The van der Waals surface area contributed by atoms with Crippen LogP contribution in [0.3, 0.4) is 0 Å². The number of anilines is 1. The molecule has 0 spiro atoms. The standard InChI is InChI=1S/C18H16F3N3/c19-18(20,21)15-6-4-13(5-7-15)12-24-9-8-23-17(24)11-14-2-1-3-16(22)10-14/h1-10H,11-12,22H2. The highest BCUT2D eigenvalue weighted by Crippen LogP contribution is 2.29. The summed E-state index contributed by atoms with van der Waals surface area (Å²) in [6.45, 7) is 0.468. The number of halogens is 3. The van der Waals surface area contributed by atoms with Gasteiger partial charge in [-0.15, -0.1) is 0 Å². The number of rotatable bonds is 4. The minimum absolute atomic E-state index is 0.468. The zero-order chi connectivity index (χ0) is 17.2. The Kier molecular flexibility index (Phi) is 4.29. The second-order valence-corrected chi connectivity index (χ2v) is 5.59. The van der Waals surface area contributed by atoms with Crippen molar-refractivity contribution in [1.29, 1.82) is 0 Å². The van der Waals surface area contributed by atoms with Crippen LogP contribution in [0.2, 0.25) is 0 Å². The van der Waals surface area contributed by atoms with Crippen LogP contribution in [0.15, 0.2) is 60.9 Å². The highest BCUT2D eigenvalue weighted by molar-refractivity contribution is 5.41. The molecule has 6 heteroatoms. The van der Waals surface area contributed by atoms with Crippen molar-refractivity contribution >= 4 is 5.69 Å². The summed E-state index contributed by atoms with van der Waals surface area (Å²) in [4.78, 5) is 4.34. The molecule has 24 heavy (non-hydrogen) atoms. The summed E-state index contributed by atoms with van der Waals surface area (Å²) in [6.07, 6.45) is -0.199. The number of hydrogen-bond donors (Lipinski definition) is 1. The second-order valence-electron chi connectivity index (χ2n) is 5.59. The predicted molar refractivity (Wildman–Crippen MR) is 86.4 cm³/mol. The van der Waals surface area contributed by atoms with Crippen molar-refractivity contribution in [2.75, 3.05) is 5.73 Å². The summed E-state index contributed by atoms with van der Waals surface area (Å²) in [7, 11) is 0. The molecule has 0 aliphatic heterocycles. The number of hydrogen-bond acceptors (Lipinski definition) is 2. The quantitative estimate of drug-likeness (QED) is 0.731. The van der Waals surface area contributed by atoms with Crippen LogP contribution in [0.5, 0.6) is 0 Å². The zero-order valence-corrected chi connectivity index (χ0v) is 12.8. The van der Waals surface area contributed by atoms with Crippen molar-refractivity contribution in [2.24, 2.45) is 0 Å². The van der Waals surface area contributed by atoms with Crippen molar-refractivity contribution in [3.05, 3.63) is 83.4 Å². The van der Waals surface area contributed by atoms with Crippen LogP contribution in [0.1, 0.15) is 22.5 Å². The number of nitrogens with two attached hydrogens (primary N) is 1. The van der Waals surface area contributed by atoms with Crippen molar-refractivity contribution in [2.45, 2.75) is 19.1 Å². The monoisotopic (exact) mass is 331 g/mol. The van der Waals surface area contributed by atoms with Crippen LogP contribution >= 0.6 is 0 Å². The Balaban J connectivity index is 1.76. The first-order valence-electron chi connectivity index (χ1n) is 7.42. The summed E-state index contributed by atoms with van der Waals surface area (Å²) < 4.78 is 39.8. The molecule has 124 valence electrons. The second kappa shape index (κ2) is 6.39. The number of imidazole rings is 1. The Hall–Kier alpha value is -2.76. The third kappa shape index (κ3) is 3.76. The van der Waals surface area contributed by atoms with E-state index in [0.29, 0.717) is 18.7 Å². The Labute approximate surface area is 137 Å². The van der Waals surface area contributed by atoms with E-state index >= 15 is 0 Å². The van der Waals surface area contributed by atoms with Gasteiger partial charge in [0.25, 0.3) is 0 Å². The van der Waals surface area contributed by atoms with E-state index in [2.05, 4.69) is 4.98 Å². The lowest BCUT2D eigenvalue weighted by Crippen LogP contribution is -2.07. The van der Waals surface area contributed by atoms with Crippen LogP contribution in [-0.4, -0.2) is 9.55 Å². The number of alkyl halides is 3. The van der Waals surface area contributed by atoms with Gasteiger partial charge in [0.15, 0.2) is 0 Å². The zero-order valence-electron chi connectivity index (χ0n) is 12.8. The lowest BCUT2D eigenvalue weighted by atomic mass is 10.1. The highest BCUT2D eigenvalue weighted by atomic mass is 19.4. The smallest absolute Gasteiger partial charge is 0.399 e. The topological polar surface area (TPSA) is 43.8 Å². The average Bonchev–Trinajstić information content (AvgIpc) is 2.94. The van der Waals surface area contributed by atoms with E-state index in [4.69, 9.17) is 5.73 Å². The van der Waals surface area contributed by atoms with Gasteiger partial charge in [0.1, 0.15) is 5.82 Å². The molecule has 3 nitrogen and oxygen atoms in total. The molecule has 0 atom stereocenters. The van der Waals surface area contributed by atoms with Crippen LogP contribution in [-0.2, 0) is 19.1 Å². The third-order valence-electron chi connectivity index (χ3n) is 3.75. The van der Waals surface area contributed by atoms with Gasteiger partial charge in [-0.25, -0.2) is 4.98 Å². The molecule has 0 saturated heterocycles. The molecule has 0 radical (unpaired) electrons. The number of aromatic nitrogens is 2. The molecule has 0 bridgehead atoms. The SMILES string of the molecule is Nc1cccc(Cc2nccn2Cc2ccc(C(F)(F)F)cc2)c1. The molecule has 0 unspecified atom stereocenters. The molecule has 3 rings (SSSR count). The Morgan fingerprint density at radius 2 is 1.75 bits per heavy atom. The molecule has 1 aromatic heterocycles. The van der Waals surface area contributed by atoms with Gasteiger partial charge in [0.05, 0.1) is 5.56 Å². The van der Waals surface area contributed by atoms with Crippen molar-refractivity contribution < 1.29 is 13.2 Å². The molecule has 0 saturated carbocycles. The highest BCUT2D eigenvalue weighted by Gasteiger charge is 2.29. The van der Waals surface area contributed by atoms with Crippen molar-refractivity contribution in [3.63, 3.8) is 0 Å². The molecule has 0 amide bonds. The number of nitrogens with zero attached hydrogens (tertiary/aromatic N) is 2. The van der Waals surface area contributed by atoms with Gasteiger partial charge in [-0.2, -0.15) is 13.2 Å². The maximum absolute atomic E-state index is 12.6. The van der Waals surface area contributed by atoms with E-state index in [-0.39, 0.29) is 0 Å². The van der Waals surface area contributed by atoms with Crippen LogP contribution < -0.4 is 5.73 Å². The van der Waals surface area contributed by atoms with Gasteiger partial charge < -0.3 is 10.3 Å². The van der Waals surface area contributed by atoms with Gasteiger partial charge in [-0.1, -0.05) is 24.3 Å². The van der Waals surface area contributed by atoms with Gasteiger partial charge in [-0.05, 0) is 35.4 Å². The fourth-order valence-corrected chi connectivity index (χ4v) is 2.53. The van der Waals surface area contributed by atoms with Gasteiger partial charge in [0.2, 0.25) is 0 Å². The van der Waals surface area contributed by atoms with E-state index in [1.165, 1.54) is 12.1 Å². The fourth-order valence-electron chi connectivity index (χ4n) is 2.53. The molecular formula is C18H16F3N3. The average molecular weight is 331 g/mol. The van der Waals surface area contributed by atoms with Gasteiger partial charge in [-0.3, -0.25) is 0 Å². The van der Waals surface area contributed by atoms with Crippen molar-refractivity contribution in [3.8, 4) is 0 Å². The summed E-state index contributed by atoms with van der Waals surface area (Å²) in [5.74, 6) is 0.834. The van der Waals surface area contributed by atoms with Gasteiger partial charge in [0, 0.05) is 31.0 Å². The minimum atomic E-state index is -4.31. The summed E-state index contributed by atoms with van der Waals surface area (Å²) in [5.41, 5.74) is 7.65. The third-order valence-corrected chi connectivity index (χ3v) is 3.75. The normalized spacial score (nSPS) is 11.6. The molecular weight excluding hydrogens is 315 g/mol. The molecule has 2 aromatic carbocycles. The summed E-state index contributed by atoms with van der Waals surface area (Å²) in [5, 5.41) is 0. The number of benzene rings is 2. The Bertz CT molecular complexity index is 820. The minimum Gasteiger partial charge on any atom is -0.399 e. The summed E-state index contributed by atoms with van der Waals surface area (Å²) in [6, 6.07) is 12.7. The lowest BCUT2D eigenvalue weighted by molar-refractivity contribution is -0.137. The first-order chi connectivity index (χ1) is 11.4. The molecule has 3 aromatic rings. The van der Waals surface area contributed by atoms with E-state index in [1.807, 2.05) is 35.0 Å². The van der Waals surface area contributed by atoms with E-state index < -0.39 is 11.7 Å². The van der Waals surface area contributed by atoms with E-state index in [9.17, 15) is 13.2 Å². The van der Waals surface area contributed by atoms with Gasteiger partial charge >= 0.3 is 6.18 Å². The predicted octanol–water partition coefficient (Wildman–Crippen LogP) is 4.12. The lowest BCUT2D eigenvalue weighted by Gasteiger charge is -2.10. The van der Waals surface area contributed by atoms with Crippen LogP contribution in [0.4, 0.5) is 18.9 Å². The summed E-state index contributed by atoms with van der Waals surface area (Å²) >= 11 is 0. The van der Waals surface area contributed by atoms with Crippen LogP contribution in [0.25, 0.3) is 0 Å². The largest absolute Gasteiger partial charge is 0.416 e. The van der Waals surface area contributed by atoms with Crippen molar-refractivity contribution in [1.82, 2.24) is 9.55 Å². The molecule has 0 aliphatic rings. The van der Waals surface area contributed by atoms with E-state index in [1.54, 1.807) is 6.20 Å². The molecule has 0 aliphatic carbocycles. The molecule has 1 heterocycles. The number of nitrogen functional groups attached to an aromatic ring is 1. The van der Waals surface area contributed by atoms with Crippen LogP contribution in [0, 0.1) is 0 Å².